The second kappa shape index (κ2) is 6.40. The van der Waals surface area contributed by atoms with Crippen LogP contribution in [-0.4, -0.2) is 42.6 Å². The summed E-state index contributed by atoms with van der Waals surface area (Å²) in [6.45, 7) is 8.08. The van der Waals surface area contributed by atoms with Gasteiger partial charge in [0.25, 0.3) is 0 Å². The molecule has 5 nitrogen and oxygen atoms in total. The minimum Gasteiger partial charge on any atom is -0.486 e. The highest BCUT2D eigenvalue weighted by Gasteiger charge is 2.57. The highest BCUT2D eigenvalue weighted by molar-refractivity contribution is 5.38. The molecule has 0 saturated carbocycles. The third-order valence-electron chi connectivity index (χ3n) is 4.61. The van der Waals surface area contributed by atoms with Gasteiger partial charge in [-0.1, -0.05) is 30.0 Å². The first-order valence-corrected chi connectivity index (χ1v) is 8.94. The van der Waals surface area contributed by atoms with Gasteiger partial charge in [0.15, 0.2) is 17.7 Å². The van der Waals surface area contributed by atoms with Gasteiger partial charge in [-0.25, -0.2) is 0 Å². The molecule has 0 unspecified atom stereocenters. The second-order valence-corrected chi connectivity index (χ2v) is 7.65. The van der Waals surface area contributed by atoms with E-state index in [9.17, 15) is 0 Å². The van der Waals surface area contributed by atoms with Gasteiger partial charge in [-0.15, -0.1) is 0 Å². The van der Waals surface area contributed by atoms with Crippen LogP contribution in [0.4, 0.5) is 0 Å². The largest absolute Gasteiger partial charge is 0.486 e. The number of fused-ring (bicyclic) bond motifs is 1. The van der Waals surface area contributed by atoms with E-state index >= 15 is 0 Å². The predicted octanol–water partition coefficient (Wildman–Crippen LogP) is 2.99. The molecule has 4 rings (SSSR count). The Labute approximate surface area is 154 Å². The Balaban J connectivity index is 1.56. The highest BCUT2D eigenvalue weighted by Crippen LogP contribution is 2.43. The molecule has 3 aliphatic rings. The van der Waals surface area contributed by atoms with Crippen LogP contribution in [0.15, 0.2) is 42.2 Å². The molecule has 3 saturated heterocycles. The molecule has 26 heavy (non-hydrogen) atoms. The maximum absolute atomic E-state index is 6.14. The minimum absolute atomic E-state index is 0.206. The van der Waals surface area contributed by atoms with E-state index in [1.165, 1.54) is 0 Å². The Kier molecular flexibility index (Phi) is 4.32. The molecule has 3 fully saturated rings. The number of hydrogen-bond donors (Lipinski definition) is 0. The Hall–Kier alpha value is -1.84. The summed E-state index contributed by atoms with van der Waals surface area (Å²) in [5.74, 6) is 5.58. The molecule has 0 aromatic heterocycles. The average Bonchev–Trinajstić information content (AvgIpc) is 3.19. The Morgan fingerprint density at radius 2 is 1.73 bits per heavy atom. The molecule has 1 aromatic rings. The van der Waals surface area contributed by atoms with E-state index in [1.54, 1.807) is 6.08 Å². The number of benzene rings is 1. The van der Waals surface area contributed by atoms with Crippen molar-refractivity contribution in [1.29, 1.82) is 0 Å². The molecule has 0 bridgehead atoms. The lowest BCUT2D eigenvalue weighted by Gasteiger charge is -2.25. The number of ether oxygens (including phenoxy) is 5. The number of allylic oxidation sites excluding steroid dienone is 1. The summed E-state index contributed by atoms with van der Waals surface area (Å²) >= 11 is 0. The van der Waals surface area contributed by atoms with Crippen molar-refractivity contribution in [3.05, 3.63) is 47.7 Å². The molecule has 3 aliphatic heterocycles. The molecule has 138 valence electrons. The second-order valence-electron chi connectivity index (χ2n) is 7.65. The monoisotopic (exact) mass is 356 g/mol. The van der Waals surface area contributed by atoms with Crippen molar-refractivity contribution in [1.82, 2.24) is 0 Å². The molecule has 4 atom stereocenters. The summed E-state index contributed by atoms with van der Waals surface area (Å²) in [5, 5.41) is 0. The molecular weight excluding hydrogens is 332 g/mol. The molecule has 0 aliphatic carbocycles. The summed E-state index contributed by atoms with van der Waals surface area (Å²) in [6, 6.07) is 9.83. The third-order valence-corrected chi connectivity index (χ3v) is 4.61. The predicted molar refractivity (Wildman–Crippen MR) is 95.0 cm³/mol. The van der Waals surface area contributed by atoms with Gasteiger partial charge in [-0.2, -0.15) is 0 Å². The molecule has 0 N–H and O–H groups in total. The van der Waals surface area contributed by atoms with Crippen molar-refractivity contribution in [3.8, 4) is 11.8 Å². The third kappa shape index (κ3) is 3.51. The first-order valence-electron chi connectivity index (χ1n) is 8.94. The van der Waals surface area contributed by atoms with Gasteiger partial charge in [-0.05, 0) is 39.8 Å². The van der Waals surface area contributed by atoms with Crippen molar-refractivity contribution < 1.29 is 23.7 Å². The van der Waals surface area contributed by atoms with Gasteiger partial charge < -0.3 is 23.7 Å². The first-order chi connectivity index (χ1) is 12.3. The van der Waals surface area contributed by atoms with Crippen molar-refractivity contribution >= 4 is 0 Å². The summed E-state index contributed by atoms with van der Waals surface area (Å²) in [5.41, 5.74) is 0.952. The van der Waals surface area contributed by atoms with Crippen LogP contribution in [0.1, 0.15) is 33.3 Å². The van der Waals surface area contributed by atoms with E-state index in [0.29, 0.717) is 12.4 Å². The molecule has 0 amide bonds. The van der Waals surface area contributed by atoms with Crippen LogP contribution < -0.4 is 0 Å². The van der Waals surface area contributed by atoms with Crippen LogP contribution >= 0.6 is 0 Å². The Morgan fingerprint density at radius 1 is 0.962 bits per heavy atom. The van der Waals surface area contributed by atoms with Gasteiger partial charge >= 0.3 is 0 Å². The average molecular weight is 356 g/mol. The van der Waals surface area contributed by atoms with Crippen molar-refractivity contribution in [2.75, 3.05) is 6.61 Å². The lowest BCUT2D eigenvalue weighted by Crippen LogP contribution is -2.40. The molecule has 1 aromatic carbocycles. The van der Waals surface area contributed by atoms with Crippen LogP contribution in [-0.2, 0) is 23.7 Å². The van der Waals surface area contributed by atoms with Crippen LogP contribution in [0, 0.1) is 11.8 Å². The summed E-state index contributed by atoms with van der Waals surface area (Å²) < 4.78 is 30.0. The van der Waals surface area contributed by atoms with Gasteiger partial charge in [0, 0.05) is 11.6 Å². The summed E-state index contributed by atoms with van der Waals surface area (Å²) in [4.78, 5) is 0. The fourth-order valence-corrected chi connectivity index (χ4v) is 3.53. The lowest BCUT2D eigenvalue weighted by molar-refractivity contribution is -0.187. The standard InChI is InChI=1S/C21H24O5/c1-20(2)22-13-16(24-20)17-19-18(25-21(3,4)26-19)15(23-17)12-8-11-14-9-6-5-7-10-14/h5-7,9-10,12,16-19H,13H2,1-4H3/b15-12-/t16-,17-,18-,19+/m1/s1. The van der Waals surface area contributed by atoms with E-state index in [2.05, 4.69) is 11.8 Å². The fourth-order valence-electron chi connectivity index (χ4n) is 3.53. The summed E-state index contributed by atoms with van der Waals surface area (Å²) in [6.07, 6.45) is 0.761. The first kappa shape index (κ1) is 17.6. The van der Waals surface area contributed by atoms with Crippen molar-refractivity contribution in [3.63, 3.8) is 0 Å². The van der Waals surface area contributed by atoms with Crippen LogP contribution in [0.2, 0.25) is 0 Å². The molecule has 0 radical (unpaired) electrons. The van der Waals surface area contributed by atoms with Crippen LogP contribution in [0.25, 0.3) is 0 Å². The molecular formula is C21H24O5. The van der Waals surface area contributed by atoms with Crippen molar-refractivity contribution in [2.24, 2.45) is 0 Å². The topological polar surface area (TPSA) is 46.2 Å². The van der Waals surface area contributed by atoms with Crippen molar-refractivity contribution in [2.45, 2.75) is 63.7 Å². The van der Waals surface area contributed by atoms with Gasteiger partial charge in [0.2, 0.25) is 0 Å². The molecule has 5 heteroatoms. The minimum atomic E-state index is -0.668. The Bertz CT molecular complexity index is 756. The molecule has 3 heterocycles. The maximum atomic E-state index is 6.14. The molecule has 0 spiro atoms. The number of hydrogen-bond acceptors (Lipinski definition) is 5. The van der Waals surface area contributed by atoms with E-state index in [-0.39, 0.29) is 24.4 Å². The lowest BCUT2D eigenvalue weighted by atomic mass is 10.1. The van der Waals surface area contributed by atoms with Gasteiger partial charge in [0.1, 0.15) is 24.1 Å². The van der Waals surface area contributed by atoms with E-state index in [0.717, 1.165) is 5.56 Å². The normalized spacial score (nSPS) is 35.6. The fraction of sp³-hybridized carbons (Fsp3) is 0.524. The Morgan fingerprint density at radius 3 is 2.42 bits per heavy atom. The van der Waals surface area contributed by atoms with Crippen LogP contribution in [0.5, 0.6) is 0 Å². The number of rotatable bonds is 1. The zero-order valence-electron chi connectivity index (χ0n) is 15.5. The van der Waals surface area contributed by atoms with E-state index < -0.39 is 11.6 Å². The zero-order valence-corrected chi connectivity index (χ0v) is 15.5. The zero-order chi connectivity index (χ0) is 18.4. The quantitative estimate of drug-likeness (QED) is 0.724. The van der Waals surface area contributed by atoms with Crippen LogP contribution in [0.3, 0.4) is 0 Å². The maximum Gasteiger partial charge on any atom is 0.164 e. The summed E-state index contributed by atoms with van der Waals surface area (Å²) in [7, 11) is 0. The van der Waals surface area contributed by atoms with Gasteiger partial charge in [0.05, 0.1) is 6.61 Å². The highest BCUT2D eigenvalue weighted by atomic mass is 16.8. The van der Waals surface area contributed by atoms with E-state index in [1.807, 2.05) is 58.0 Å². The SMILES string of the molecule is CC1(C)O[C@H]2[C@@H]([C@H]3COC(C)(C)O3)O/C(=C\C#Cc3ccccc3)[C@H]2O1. The smallest absolute Gasteiger partial charge is 0.164 e. The van der Waals surface area contributed by atoms with Gasteiger partial charge in [-0.3, -0.25) is 0 Å². The van der Waals surface area contributed by atoms with E-state index in [4.69, 9.17) is 23.7 Å².